The third-order valence-electron chi connectivity index (χ3n) is 11.3. The molecule has 0 saturated carbocycles. The van der Waals surface area contributed by atoms with Gasteiger partial charge in [-0.1, -0.05) is 109 Å². The smallest absolute Gasteiger partial charge is 0.183 e. The molecule has 9 aromatic carbocycles. The van der Waals surface area contributed by atoms with E-state index in [9.17, 15) is 0 Å². The number of rotatable bonds is 3. The summed E-state index contributed by atoms with van der Waals surface area (Å²) in [5, 5.41) is 9.72. The van der Waals surface area contributed by atoms with E-state index in [0.717, 1.165) is 83.3 Å². The van der Waals surface area contributed by atoms with Crippen LogP contribution in [0.3, 0.4) is 0 Å². The zero-order valence-electron chi connectivity index (χ0n) is 28.5. The average molecular weight is 696 g/mol. The number of anilines is 9. The van der Waals surface area contributed by atoms with Gasteiger partial charge in [-0.05, 0) is 105 Å². The van der Waals surface area contributed by atoms with Crippen molar-refractivity contribution in [2.75, 3.05) is 14.7 Å². The zero-order chi connectivity index (χ0) is 34.8. The Kier molecular flexibility index (Phi) is 5.74. The highest BCUT2D eigenvalue weighted by atomic mass is 31.2. The molecule has 0 fully saturated rings. The molecule has 0 bridgehead atoms. The van der Waals surface area contributed by atoms with Crippen LogP contribution in [0.1, 0.15) is 0 Å². The van der Waals surface area contributed by atoms with Crippen LogP contribution in [0.5, 0.6) is 0 Å². The first-order chi connectivity index (χ1) is 26.2. The lowest BCUT2D eigenvalue weighted by atomic mass is 10.0. The quantitative estimate of drug-likeness (QED) is 0.172. The van der Waals surface area contributed by atoms with Crippen molar-refractivity contribution in [3.8, 4) is 0 Å². The molecule has 0 unspecified atom stereocenters. The van der Waals surface area contributed by atoms with E-state index in [1.54, 1.807) is 0 Å². The van der Waals surface area contributed by atoms with Crippen LogP contribution in [-0.4, -0.2) is 0 Å². The fourth-order valence-corrected chi connectivity index (χ4v) is 12.8. The Labute approximate surface area is 306 Å². The summed E-state index contributed by atoms with van der Waals surface area (Å²) in [6, 6.07) is 64.8. The van der Waals surface area contributed by atoms with Crippen molar-refractivity contribution in [3.63, 3.8) is 0 Å². The summed E-state index contributed by atoms with van der Waals surface area (Å²) in [6.45, 7) is 0. The number of fused-ring (bicyclic) bond motifs is 3. The highest BCUT2D eigenvalue weighted by Gasteiger charge is 2.54. The van der Waals surface area contributed by atoms with Gasteiger partial charge in [0, 0.05) is 17.1 Å². The average Bonchev–Trinajstić information content (AvgIpc) is 3.21. The molecule has 0 spiro atoms. The third kappa shape index (κ3) is 3.83. The third-order valence-corrected chi connectivity index (χ3v) is 14.6. The second-order valence-electron chi connectivity index (χ2n) is 14.1. The molecular weight excluding hydrogens is 666 g/mol. The van der Waals surface area contributed by atoms with Gasteiger partial charge in [-0.3, -0.25) is 0 Å². The van der Waals surface area contributed by atoms with Crippen LogP contribution in [0.25, 0.3) is 32.3 Å². The highest BCUT2D eigenvalue weighted by Crippen LogP contribution is 2.66. The minimum absolute atomic E-state index is 0.888. The molecule has 5 heteroatoms. The summed E-state index contributed by atoms with van der Waals surface area (Å²) in [6.07, 6.45) is 0. The predicted molar refractivity (Wildman–Crippen MR) is 223 cm³/mol. The van der Waals surface area contributed by atoms with Gasteiger partial charge in [0.1, 0.15) is 0 Å². The van der Waals surface area contributed by atoms with Gasteiger partial charge in [-0.15, -0.1) is 0 Å². The Balaban J connectivity index is 1.21. The molecule has 0 atom stereocenters. The second-order valence-corrected chi connectivity index (χ2v) is 16.7. The summed E-state index contributed by atoms with van der Waals surface area (Å²) >= 11 is 0. The lowest BCUT2D eigenvalue weighted by Crippen LogP contribution is -2.47. The van der Waals surface area contributed by atoms with Crippen molar-refractivity contribution in [1.82, 2.24) is 0 Å². The Hall–Kier alpha value is -6.61. The van der Waals surface area contributed by atoms with E-state index in [1.807, 2.05) is 0 Å². The topological polar surface area (TPSA) is 26.8 Å². The first-order valence-electron chi connectivity index (χ1n) is 18.0. The molecule has 3 aliphatic heterocycles. The van der Waals surface area contributed by atoms with Crippen molar-refractivity contribution in [2.24, 2.45) is 0 Å². The molecule has 0 radical (unpaired) electrons. The Morgan fingerprint density at radius 2 is 0.547 bits per heavy atom. The summed E-state index contributed by atoms with van der Waals surface area (Å²) in [7, 11) is -3.43. The molecule has 3 heterocycles. The van der Waals surface area contributed by atoms with Crippen molar-refractivity contribution >= 4 is 107 Å². The molecule has 0 amide bonds. The Morgan fingerprint density at radius 1 is 0.283 bits per heavy atom. The van der Waals surface area contributed by atoms with Gasteiger partial charge in [-0.2, -0.15) is 0 Å². The maximum atomic E-state index is 16.9. The van der Waals surface area contributed by atoms with E-state index in [4.69, 9.17) is 0 Å². The summed E-state index contributed by atoms with van der Waals surface area (Å²) < 4.78 is 16.9. The molecule has 0 N–H and O–H groups in total. The van der Waals surface area contributed by atoms with E-state index >= 15 is 4.57 Å². The Bertz CT molecular complexity index is 2700. The van der Waals surface area contributed by atoms with Gasteiger partial charge in [0.2, 0.25) is 0 Å². The maximum absolute atomic E-state index is 16.9. The normalized spacial score (nSPS) is 14.5. The molecule has 0 aliphatic carbocycles. The van der Waals surface area contributed by atoms with Gasteiger partial charge in [0.15, 0.2) is 7.14 Å². The summed E-state index contributed by atoms with van der Waals surface area (Å²) in [4.78, 5) is 7.03. The standard InChI is InChI=1S/C48H30N3OP/c52-53-46-40-16-7-18-42(46)50(38-26-23-32-11-2-5-14-35(32)29-38)44-20-9-21-45(48(44)53)51(39-27-24-33-12-3-6-15-36(33)30-39)43-19-8-17-41(47(43)53)49(40)37-25-22-31-10-1-4-13-34(31)28-37/h1-30H. The van der Waals surface area contributed by atoms with E-state index in [1.165, 1.54) is 16.2 Å². The van der Waals surface area contributed by atoms with Crippen LogP contribution in [0, 0.1) is 0 Å². The fraction of sp³-hybridized carbons (Fsp3) is 0. The van der Waals surface area contributed by atoms with Crippen LogP contribution in [0.4, 0.5) is 51.2 Å². The minimum atomic E-state index is -3.43. The first kappa shape index (κ1) is 29.0. The van der Waals surface area contributed by atoms with E-state index in [0.29, 0.717) is 0 Å². The van der Waals surface area contributed by atoms with Crippen molar-refractivity contribution in [3.05, 3.63) is 182 Å². The number of benzene rings is 9. The van der Waals surface area contributed by atoms with Crippen LogP contribution in [0.15, 0.2) is 182 Å². The number of nitrogens with zero attached hydrogens (tertiary/aromatic N) is 3. The SMILES string of the molecule is O=P12c3c4cccc3N(c3ccc5ccccc5c3)c3cccc(c31)N(c1ccc3ccccc3c1)c1cccc(c12)N4c1ccc2ccccc2c1. The van der Waals surface area contributed by atoms with Gasteiger partial charge >= 0.3 is 0 Å². The van der Waals surface area contributed by atoms with Gasteiger partial charge < -0.3 is 19.3 Å². The largest absolute Gasteiger partial charge is 0.309 e. The van der Waals surface area contributed by atoms with E-state index in [-0.39, 0.29) is 0 Å². The van der Waals surface area contributed by atoms with Crippen molar-refractivity contribution in [1.29, 1.82) is 0 Å². The molecule has 3 aliphatic rings. The maximum Gasteiger partial charge on any atom is 0.183 e. The van der Waals surface area contributed by atoms with Crippen LogP contribution < -0.4 is 30.6 Å². The fourth-order valence-electron chi connectivity index (χ4n) is 9.12. The highest BCUT2D eigenvalue weighted by molar-refractivity contribution is 7.87. The molecule has 53 heavy (non-hydrogen) atoms. The molecule has 0 aromatic heterocycles. The zero-order valence-corrected chi connectivity index (χ0v) is 29.4. The lowest BCUT2D eigenvalue weighted by Gasteiger charge is -2.49. The van der Waals surface area contributed by atoms with E-state index < -0.39 is 7.14 Å². The summed E-state index contributed by atoms with van der Waals surface area (Å²) in [5.74, 6) is 0. The predicted octanol–water partition coefficient (Wildman–Crippen LogP) is 12.1. The van der Waals surface area contributed by atoms with Crippen molar-refractivity contribution < 1.29 is 4.57 Å². The lowest BCUT2D eigenvalue weighted by molar-refractivity contribution is 0.592. The molecule has 248 valence electrons. The second kappa shape index (κ2) is 10.5. The van der Waals surface area contributed by atoms with Crippen LogP contribution >= 0.6 is 7.14 Å². The monoisotopic (exact) mass is 695 g/mol. The molecule has 0 saturated heterocycles. The van der Waals surface area contributed by atoms with Gasteiger partial charge in [0.25, 0.3) is 0 Å². The number of hydrogen-bond acceptors (Lipinski definition) is 4. The van der Waals surface area contributed by atoms with Crippen LogP contribution in [-0.2, 0) is 4.57 Å². The molecule has 9 aromatic rings. The van der Waals surface area contributed by atoms with Gasteiger partial charge in [-0.25, -0.2) is 0 Å². The Morgan fingerprint density at radius 3 is 0.830 bits per heavy atom. The molecule has 4 nitrogen and oxygen atoms in total. The van der Waals surface area contributed by atoms with Crippen LogP contribution in [0.2, 0.25) is 0 Å². The summed E-state index contributed by atoms with van der Waals surface area (Å²) in [5.41, 5.74) is 8.84. The minimum Gasteiger partial charge on any atom is -0.309 e. The van der Waals surface area contributed by atoms with E-state index in [2.05, 4.69) is 197 Å². The molecule has 12 rings (SSSR count). The van der Waals surface area contributed by atoms with Crippen molar-refractivity contribution in [2.45, 2.75) is 0 Å². The van der Waals surface area contributed by atoms with Gasteiger partial charge in [0.05, 0.1) is 50.0 Å². The first-order valence-corrected chi connectivity index (χ1v) is 19.8. The number of hydrogen-bond donors (Lipinski definition) is 0. The molecular formula is C48H30N3OP.